The largest absolute Gasteiger partial charge is 0.505 e. The molecule has 138 valence electrons. The van der Waals surface area contributed by atoms with Crippen molar-refractivity contribution in [2.24, 2.45) is 22.6 Å². The van der Waals surface area contributed by atoms with Crippen molar-refractivity contribution in [2.45, 2.75) is 18.9 Å². The van der Waals surface area contributed by atoms with Gasteiger partial charge < -0.3 is 20.5 Å². The van der Waals surface area contributed by atoms with Gasteiger partial charge in [-0.05, 0) is 53.5 Å². The third kappa shape index (κ3) is 3.88. The Kier molecular flexibility index (Phi) is 5.27. The van der Waals surface area contributed by atoms with Crippen LogP contribution in [0.25, 0.3) is 11.1 Å². The van der Waals surface area contributed by atoms with Crippen LogP contribution < -0.4 is 5.73 Å². The van der Waals surface area contributed by atoms with E-state index in [0.717, 1.165) is 29.6 Å². The number of carbonyl (C=O) groups excluding carboxylic acids is 1. The first kappa shape index (κ1) is 18.4. The van der Waals surface area contributed by atoms with Crippen molar-refractivity contribution >= 4 is 23.6 Å². The number of benzene rings is 1. The van der Waals surface area contributed by atoms with E-state index in [1.54, 1.807) is 11.0 Å². The number of phenolic OH excluding ortho intramolecular Hbond substituents is 1. The molecule has 2 unspecified atom stereocenters. The summed E-state index contributed by atoms with van der Waals surface area (Å²) in [4.78, 5) is 19.0. The predicted molar refractivity (Wildman–Crippen MR) is 102 cm³/mol. The Morgan fingerprint density at radius 1 is 1.38 bits per heavy atom. The molecule has 1 aromatic carbocycles. The van der Waals surface area contributed by atoms with Crippen molar-refractivity contribution in [3.63, 3.8) is 0 Å². The minimum atomic E-state index is -0.653. The summed E-state index contributed by atoms with van der Waals surface area (Å²) >= 11 is 1.49. The molecule has 3 rings (SSSR count). The van der Waals surface area contributed by atoms with Crippen LogP contribution in [0.2, 0.25) is 0 Å². The highest BCUT2D eigenvalue weighted by molar-refractivity contribution is 7.10. The quantitative estimate of drug-likeness (QED) is 0.461. The van der Waals surface area contributed by atoms with Crippen LogP contribution in [0.1, 0.15) is 23.8 Å². The molecule has 7 heteroatoms. The Balaban J connectivity index is 1.96. The molecule has 1 aliphatic rings. The number of aldehydes is 1. The Labute approximate surface area is 156 Å². The molecule has 0 spiro atoms. The highest BCUT2D eigenvalue weighted by Gasteiger charge is 2.38. The van der Waals surface area contributed by atoms with Gasteiger partial charge in [-0.15, -0.1) is 11.3 Å². The predicted octanol–water partition coefficient (Wildman–Crippen LogP) is 3.40. The summed E-state index contributed by atoms with van der Waals surface area (Å²) in [5.41, 5.74) is 7.58. The molecule has 1 aliphatic carbocycles. The number of hydrogen-bond donors (Lipinski definition) is 2. The van der Waals surface area contributed by atoms with Gasteiger partial charge in [-0.25, -0.2) is 9.38 Å². The first-order valence-corrected chi connectivity index (χ1v) is 9.32. The van der Waals surface area contributed by atoms with E-state index in [4.69, 9.17) is 5.73 Å². The molecule has 0 bridgehead atoms. The van der Waals surface area contributed by atoms with Gasteiger partial charge in [0.2, 0.25) is 0 Å². The number of halogens is 1. The van der Waals surface area contributed by atoms with E-state index in [1.165, 1.54) is 23.5 Å². The molecule has 2 atom stereocenters. The van der Waals surface area contributed by atoms with E-state index in [1.807, 2.05) is 25.5 Å². The second-order valence-electron chi connectivity index (χ2n) is 6.78. The summed E-state index contributed by atoms with van der Waals surface area (Å²) in [6, 6.07) is 5.85. The van der Waals surface area contributed by atoms with Crippen LogP contribution in [0, 0.1) is 17.7 Å². The normalized spacial score (nSPS) is 17.0. The van der Waals surface area contributed by atoms with Gasteiger partial charge in [0, 0.05) is 24.9 Å². The van der Waals surface area contributed by atoms with Gasteiger partial charge in [0.1, 0.15) is 6.29 Å². The highest BCUT2D eigenvalue weighted by Crippen LogP contribution is 2.45. The zero-order valence-electron chi connectivity index (χ0n) is 14.7. The van der Waals surface area contributed by atoms with Crippen LogP contribution in [0.3, 0.4) is 0 Å². The highest BCUT2D eigenvalue weighted by atomic mass is 32.1. The molecule has 0 aliphatic heterocycles. The van der Waals surface area contributed by atoms with E-state index in [0.29, 0.717) is 17.4 Å². The van der Waals surface area contributed by atoms with Gasteiger partial charge in [-0.3, -0.25) is 0 Å². The second kappa shape index (κ2) is 7.45. The number of hydrogen-bond acceptors (Lipinski definition) is 4. The number of phenols is 1. The summed E-state index contributed by atoms with van der Waals surface area (Å²) in [5.74, 6) is -0.527. The zero-order valence-corrected chi connectivity index (χ0v) is 15.5. The topological polar surface area (TPSA) is 78.9 Å². The van der Waals surface area contributed by atoms with Crippen LogP contribution in [0.4, 0.5) is 4.39 Å². The first-order valence-electron chi connectivity index (χ1n) is 8.44. The minimum Gasteiger partial charge on any atom is -0.505 e. The molecule has 1 aromatic heterocycles. The van der Waals surface area contributed by atoms with E-state index in [2.05, 4.69) is 4.99 Å². The third-order valence-corrected chi connectivity index (χ3v) is 5.61. The first-order chi connectivity index (χ1) is 12.4. The standard InChI is InChI=1S/C19H22FN3O2S/c1-23(2)19(21)22-18(14(9-24)11-3-4-11)17-8-13(10-26-17)12-5-6-15(20)16(25)7-12/h5-11,14,18,25H,3-4H2,1-2H3,(H2,21,22). The van der Waals surface area contributed by atoms with E-state index in [9.17, 15) is 14.3 Å². The smallest absolute Gasteiger partial charge is 0.191 e. The van der Waals surface area contributed by atoms with Gasteiger partial charge in [0.15, 0.2) is 17.5 Å². The lowest BCUT2D eigenvalue weighted by molar-refractivity contribution is -0.112. The molecular weight excluding hydrogens is 353 g/mol. The van der Waals surface area contributed by atoms with Crippen molar-refractivity contribution in [2.75, 3.05) is 14.1 Å². The third-order valence-electron chi connectivity index (χ3n) is 4.61. The molecular formula is C19H22FN3O2S. The lowest BCUT2D eigenvalue weighted by Gasteiger charge is -2.20. The molecule has 1 saturated carbocycles. The van der Waals surface area contributed by atoms with Crippen molar-refractivity contribution in [1.29, 1.82) is 0 Å². The lowest BCUT2D eigenvalue weighted by Crippen LogP contribution is -2.32. The SMILES string of the molecule is CN(C)C(N)=NC(c1cc(-c2ccc(F)c(O)c2)cs1)C(C=O)C1CC1. The van der Waals surface area contributed by atoms with Gasteiger partial charge in [0.25, 0.3) is 0 Å². The van der Waals surface area contributed by atoms with Crippen molar-refractivity contribution in [3.8, 4) is 16.9 Å². The minimum absolute atomic E-state index is 0.207. The van der Waals surface area contributed by atoms with E-state index >= 15 is 0 Å². The maximum Gasteiger partial charge on any atom is 0.191 e. The zero-order chi connectivity index (χ0) is 18.8. The molecule has 3 N–H and O–H groups in total. The summed E-state index contributed by atoms with van der Waals surface area (Å²) < 4.78 is 13.3. The Morgan fingerprint density at radius 2 is 2.12 bits per heavy atom. The number of rotatable bonds is 6. The summed E-state index contributed by atoms with van der Waals surface area (Å²) in [6.45, 7) is 0. The van der Waals surface area contributed by atoms with Gasteiger partial charge in [0.05, 0.1) is 6.04 Å². The number of guanidine groups is 1. The Morgan fingerprint density at radius 3 is 2.69 bits per heavy atom. The summed E-state index contributed by atoms with van der Waals surface area (Å²) in [6.07, 6.45) is 3.04. The summed E-state index contributed by atoms with van der Waals surface area (Å²) in [5, 5.41) is 11.5. The fraction of sp³-hybridized carbons (Fsp3) is 0.368. The molecule has 0 radical (unpaired) electrons. The number of aliphatic imine (C=N–C) groups is 1. The summed E-state index contributed by atoms with van der Waals surface area (Å²) in [7, 11) is 3.62. The number of aromatic hydroxyl groups is 1. The maximum absolute atomic E-state index is 13.3. The van der Waals surface area contributed by atoms with Crippen LogP contribution in [0.5, 0.6) is 5.75 Å². The molecule has 0 amide bonds. The fourth-order valence-corrected chi connectivity index (χ4v) is 3.88. The average Bonchev–Trinajstić information content (AvgIpc) is 3.32. The molecule has 26 heavy (non-hydrogen) atoms. The lowest BCUT2D eigenvalue weighted by atomic mass is 9.94. The second-order valence-corrected chi connectivity index (χ2v) is 7.72. The number of nitrogens with two attached hydrogens (primary N) is 1. The molecule has 5 nitrogen and oxygen atoms in total. The number of nitrogens with zero attached hydrogens (tertiary/aromatic N) is 2. The van der Waals surface area contributed by atoms with Crippen molar-refractivity contribution in [3.05, 3.63) is 40.3 Å². The van der Waals surface area contributed by atoms with E-state index < -0.39 is 5.82 Å². The number of thiophene rings is 1. The van der Waals surface area contributed by atoms with Crippen molar-refractivity contribution in [1.82, 2.24) is 4.90 Å². The van der Waals surface area contributed by atoms with Gasteiger partial charge in [-0.2, -0.15) is 0 Å². The Hall–Kier alpha value is -2.41. The van der Waals surface area contributed by atoms with Crippen LogP contribution in [0.15, 0.2) is 34.6 Å². The fourth-order valence-electron chi connectivity index (χ4n) is 2.87. The number of carbonyl (C=O) groups is 1. The van der Waals surface area contributed by atoms with E-state index in [-0.39, 0.29) is 17.7 Å². The molecule has 1 heterocycles. The molecule has 1 fully saturated rings. The van der Waals surface area contributed by atoms with Crippen LogP contribution in [-0.2, 0) is 4.79 Å². The Bertz CT molecular complexity index is 830. The van der Waals surface area contributed by atoms with Crippen LogP contribution in [-0.4, -0.2) is 36.3 Å². The monoisotopic (exact) mass is 375 g/mol. The maximum atomic E-state index is 13.3. The molecule has 0 saturated heterocycles. The van der Waals surface area contributed by atoms with Crippen LogP contribution >= 0.6 is 11.3 Å². The molecule has 2 aromatic rings. The average molecular weight is 375 g/mol. The van der Waals surface area contributed by atoms with Crippen molar-refractivity contribution < 1.29 is 14.3 Å². The van der Waals surface area contributed by atoms with Gasteiger partial charge in [-0.1, -0.05) is 6.07 Å². The van der Waals surface area contributed by atoms with Gasteiger partial charge >= 0.3 is 0 Å².